The number of amides is 1. The summed E-state index contributed by atoms with van der Waals surface area (Å²) < 4.78 is 27.1. The Morgan fingerprint density at radius 1 is 1.30 bits per heavy atom. The van der Waals surface area contributed by atoms with Gasteiger partial charge in [0.05, 0.1) is 18.4 Å². The predicted octanol–water partition coefficient (Wildman–Crippen LogP) is 2.03. The summed E-state index contributed by atoms with van der Waals surface area (Å²) in [5, 5.41) is 8.81. The van der Waals surface area contributed by atoms with Gasteiger partial charge in [-0.05, 0) is 25.5 Å². The first kappa shape index (κ1) is 14.4. The Labute approximate surface area is 115 Å². The van der Waals surface area contributed by atoms with Gasteiger partial charge < -0.3 is 10.0 Å². The molecule has 6 heteroatoms. The molecule has 0 aromatic heterocycles. The average Bonchev–Trinajstić information content (AvgIpc) is 3.18. The van der Waals surface area contributed by atoms with E-state index in [0.29, 0.717) is 6.42 Å². The molecule has 4 nitrogen and oxygen atoms in total. The Bertz CT molecular complexity index is 527. The number of nitrogens with zero attached hydrogens (tertiary/aromatic N) is 1. The minimum atomic E-state index is -1.00. The molecule has 108 valence electrons. The SMILES string of the molecule is CCN(Cc1c(F)cccc1F)C(=O)[C@H]1C[C@H]1C(=O)O. The van der Waals surface area contributed by atoms with E-state index in [4.69, 9.17) is 5.11 Å². The molecule has 2 rings (SSSR count). The fourth-order valence-corrected chi connectivity index (χ4v) is 2.20. The van der Waals surface area contributed by atoms with Gasteiger partial charge in [0.15, 0.2) is 0 Å². The van der Waals surface area contributed by atoms with Gasteiger partial charge in [-0.1, -0.05) is 6.07 Å². The molecule has 1 amide bonds. The van der Waals surface area contributed by atoms with E-state index >= 15 is 0 Å². The topological polar surface area (TPSA) is 57.6 Å². The fraction of sp³-hybridized carbons (Fsp3) is 0.429. The summed E-state index contributed by atoms with van der Waals surface area (Å²) in [6.45, 7) is 1.78. The van der Waals surface area contributed by atoms with E-state index in [-0.39, 0.29) is 24.6 Å². The lowest BCUT2D eigenvalue weighted by Gasteiger charge is -2.21. The number of benzene rings is 1. The van der Waals surface area contributed by atoms with Gasteiger partial charge in [0.1, 0.15) is 11.6 Å². The summed E-state index contributed by atoms with van der Waals surface area (Å²) >= 11 is 0. The van der Waals surface area contributed by atoms with Crippen LogP contribution in [0.2, 0.25) is 0 Å². The van der Waals surface area contributed by atoms with E-state index in [0.717, 1.165) is 12.1 Å². The predicted molar refractivity (Wildman–Crippen MR) is 66.7 cm³/mol. The Hall–Kier alpha value is -1.98. The number of carboxylic acid groups (broad SMARTS) is 1. The molecule has 20 heavy (non-hydrogen) atoms. The molecule has 0 saturated heterocycles. The third-order valence-electron chi connectivity index (χ3n) is 3.53. The second-order valence-corrected chi connectivity index (χ2v) is 4.84. The largest absolute Gasteiger partial charge is 0.481 e. The molecule has 1 aromatic rings. The molecule has 1 saturated carbocycles. The number of hydrogen-bond donors (Lipinski definition) is 1. The van der Waals surface area contributed by atoms with Crippen molar-refractivity contribution in [3.8, 4) is 0 Å². The molecule has 0 bridgehead atoms. The van der Waals surface area contributed by atoms with Crippen LogP contribution in [-0.2, 0) is 16.1 Å². The van der Waals surface area contributed by atoms with E-state index in [1.165, 1.54) is 11.0 Å². The molecule has 1 aliphatic carbocycles. The molecule has 0 heterocycles. The zero-order valence-electron chi connectivity index (χ0n) is 11.0. The van der Waals surface area contributed by atoms with Crippen LogP contribution in [0.5, 0.6) is 0 Å². The van der Waals surface area contributed by atoms with Crippen LogP contribution in [0.4, 0.5) is 8.78 Å². The van der Waals surface area contributed by atoms with Gasteiger partial charge in [-0.25, -0.2) is 8.78 Å². The maximum absolute atomic E-state index is 13.6. The average molecular weight is 283 g/mol. The highest BCUT2D eigenvalue weighted by Crippen LogP contribution is 2.40. The van der Waals surface area contributed by atoms with Gasteiger partial charge in [0.25, 0.3) is 0 Å². The lowest BCUT2D eigenvalue weighted by Crippen LogP contribution is -2.33. The fourth-order valence-electron chi connectivity index (χ4n) is 2.20. The molecular formula is C14H15F2NO3. The van der Waals surface area contributed by atoms with Crippen molar-refractivity contribution >= 4 is 11.9 Å². The van der Waals surface area contributed by atoms with E-state index in [1.54, 1.807) is 6.92 Å². The van der Waals surface area contributed by atoms with Gasteiger partial charge in [-0.3, -0.25) is 9.59 Å². The monoisotopic (exact) mass is 283 g/mol. The number of rotatable bonds is 5. The third kappa shape index (κ3) is 2.79. The van der Waals surface area contributed by atoms with Gasteiger partial charge in [0.2, 0.25) is 5.91 Å². The molecule has 1 N–H and O–H groups in total. The number of carbonyl (C=O) groups is 2. The zero-order chi connectivity index (χ0) is 14.9. The highest BCUT2D eigenvalue weighted by Gasteiger charge is 2.49. The lowest BCUT2D eigenvalue weighted by atomic mass is 10.1. The first-order valence-corrected chi connectivity index (χ1v) is 6.40. The maximum atomic E-state index is 13.6. The summed E-state index contributed by atoms with van der Waals surface area (Å²) in [6, 6.07) is 3.52. The van der Waals surface area contributed by atoms with Gasteiger partial charge in [0, 0.05) is 12.1 Å². The molecular weight excluding hydrogens is 268 g/mol. The molecule has 0 unspecified atom stereocenters. The van der Waals surface area contributed by atoms with Gasteiger partial charge in [-0.2, -0.15) is 0 Å². The third-order valence-corrected chi connectivity index (χ3v) is 3.53. The summed E-state index contributed by atoms with van der Waals surface area (Å²) in [7, 11) is 0. The van der Waals surface area contributed by atoms with Gasteiger partial charge >= 0.3 is 5.97 Å². The van der Waals surface area contributed by atoms with E-state index in [2.05, 4.69) is 0 Å². The van der Waals surface area contributed by atoms with Crippen molar-refractivity contribution in [1.29, 1.82) is 0 Å². The minimum Gasteiger partial charge on any atom is -0.481 e. The Balaban J connectivity index is 2.10. The highest BCUT2D eigenvalue weighted by molar-refractivity contribution is 5.89. The molecule has 1 aromatic carbocycles. The van der Waals surface area contributed by atoms with Crippen LogP contribution in [0, 0.1) is 23.5 Å². The van der Waals surface area contributed by atoms with E-state index in [9.17, 15) is 18.4 Å². The van der Waals surface area contributed by atoms with Crippen LogP contribution in [0.15, 0.2) is 18.2 Å². The van der Waals surface area contributed by atoms with Crippen molar-refractivity contribution in [2.75, 3.05) is 6.54 Å². The standard InChI is InChI=1S/C14H15F2NO3/c1-2-17(13(18)8-6-9(8)14(19)20)7-10-11(15)4-3-5-12(10)16/h3-5,8-9H,2,6-7H2,1H3,(H,19,20)/t8-,9+/m0/s1. The summed E-state index contributed by atoms with van der Waals surface area (Å²) in [5.74, 6) is -4.01. The Kier molecular flexibility index (Phi) is 4.01. The van der Waals surface area contributed by atoms with Crippen molar-refractivity contribution in [3.63, 3.8) is 0 Å². The minimum absolute atomic E-state index is 0.171. The molecule has 0 radical (unpaired) electrons. The van der Waals surface area contributed by atoms with Crippen LogP contribution in [0.1, 0.15) is 18.9 Å². The number of carbonyl (C=O) groups excluding carboxylic acids is 1. The number of aliphatic carboxylic acids is 1. The number of hydrogen-bond acceptors (Lipinski definition) is 2. The summed E-state index contributed by atoms with van der Waals surface area (Å²) in [4.78, 5) is 24.1. The van der Waals surface area contributed by atoms with Gasteiger partial charge in [-0.15, -0.1) is 0 Å². The van der Waals surface area contributed by atoms with E-state index < -0.39 is 29.4 Å². The van der Waals surface area contributed by atoms with Crippen molar-refractivity contribution in [1.82, 2.24) is 4.90 Å². The van der Waals surface area contributed by atoms with Crippen LogP contribution >= 0.6 is 0 Å². The first-order valence-electron chi connectivity index (χ1n) is 6.40. The molecule has 0 spiro atoms. The first-order chi connectivity index (χ1) is 9.45. The van der Waals surface area contributed by atoms with Crippen LogP contribution in [0.25, 0.3) is 0 Å². The maximum Gasteiger partial charge on any atom is 0.307 e. The van der Waals surface area contributed by atoms with Crippen LogP contribution < -0.4 is 0 Å². The molecule has 1 fully saturated rings. The normalized spacial score (nSPS) is 20.6. The molecule has 1 aliphatic rings. The van der Waals surface area contributed by atoms with Crippen molar-refractivity contribution in [2.45, 2.75) is 19.9 Å². The lowest BCUT2D eigenvalue weighted by molar-refractivity contribution is -0.142. The molecule has 0 aliphatic heterocycles. The summed E-state index contributed by atoms with van der Waals surface area (Å²) in [5.41, 5.74) is -0.171. The second-order valence-electron chi connectivity index (χ2n) is 4.84. The number of halogens is 2. The van der Waals surface area contributed by atoms with Crippen molar-refractivity contribution in [2.24, 2.45) is 11.8 Å². The highest BCUT2D eigenvalue weighted by atomic mass is 19.1. The zero-order valence-corrected chi connectivity index (χ0v) is 11.0. The van der Waals surface area contributed by atoms with Crippen molar-refractivity contribution < 1.29 is 23.5 Å². The summed E-state index contributed by atoms with van der Waals surface area (Å²) in [6.07, 6.45) is 0.296. The van der Waals surface area contributed by atoms with Crippen LogP contribution in [0.3, 0.4) is 0 Å². The van der Waals surface area contributed by atoms with E-state index in [1.807, 2.05) is 0 Å². The van der Waals surface area contributed by atoms with Crippen molar-refractivity contribution in [3.05, 3.63) is 35.4 Å². The number of carboxylic acids is 1. The Morgan fingerprint density at radius 2 is 1.90 bits per heavy atom. The second kappa shape index (κ2) is 5.56. The van der Waals surface area contributed by atoms with Crippen LogP contribution in [-0.4, -0.2) is 28.4 Å². The smallest absolute Gasteiger partial charge is 0.307 e. The Morgan fingerprint density at radius 3 is 2.35 bits per heavy atom. The molecule has 2 atom stereocenters. The quantitative estimate of drug-likeness (QED) is 0.899.